The lowest BCUT2D eigenvalue weighted by Gasteiger charge is -2.06. The fraction of sp³-hybridized carbons (Fsp3) is 0.300. The Kier molecular flexibility index (Phi) is 5.12. The molecule has 0 saturated carbocycles. The first-order valence-electron chi connectivity index (χ1n) is 5.05. The zero-order valence-electron chi connectivity index (χ0n) is 9.56. The molecular formula is C10H12N2O5S. The normalized spacial score (nSPS) is 9.61. The van der Waals surface area contributed by atoms with Gasteiger partial charge in [0.25, 0.3) is 5.91 Å². The molecule has 0 aliphatic heterocycles. The van der Waals surface area contributed by atoms with E-state index >= 15 is 0 Å². The van der Waals surface area contributed by atoms with Gasteiger partial charge in [0.2, 0.25) is 0 Å². The number of aromatic carboxylic acids is 1. The van der Waals surface area contributed by atoms with Gasteiger partial charge in [0.05, 0.1) is 0 Å². The number of carbonyl (C=O) groups excluding carboxylic acids is 2. The van der Waals surface area contributed by atoms with Crippen LogP contribution in [-0.4, -0.2) is 36.2 Å². The van der Waals surface area contributed by atoms with Crippen LogP contribution in [0.2, 0.25) is 0 Å². The van der Waals surface area contributed by atoms with Crippen molar-refractivity contribution in [3.8, 4) is 5.75 Å². The highest BCUT2D eigenvalue weighted by Crippen LogP contribution is 2.24. The van der Waals surface area contributed by atoms with Crippen LogP contribution in [0.15, 0.2) is 11.4 Å². The molecule has 0 unspecified atom stereocenters. The summed E-state index contributed by atoms with van der Waals surface area (Å²) in [6.07, 6.45) is 0. The molecule has 0 bridgehead atoms. The van der Waals surface area contributed by atoms with Crippen molar-refractivity contribution in [2.24, 2.45) is 0 Å². The maximum atomic E-state index is 11.3. The van der Waals surface area contributed by atoms with Gasteiger partial charge in [-0.3, -0.25) is 10.1 Å². The lowest BCUT2D eigenvalue weighted by molar-refractivity contribution is -0.122. The van der Waals surface area contributed by atoms with Crippen molar-refractivity contribution in [2.75, 3.05) is 13.2 Å². The smallest absolute Gasteiger partial charge is 0.349 e. The van der Waals surface area contributed by atoms with Gasteiger partial charge in [-0.15, -0.1) is 11.3 Å². The molecule has 1 aromatic heterocycles. The second-order valence-electron chi connectivity index (χ2n) is 3.12. The van der Waals surface area contributed by atoms with Crippen molar-refractivity contribution < 1.29 is 24.2 Å². The highest BCUT2D eigenvalue weighted by atomic mass is 32.1. The number of hydrogen-bond acceptors (Lipinski definition) is 5. The Balaban J connectivity index is 2.45. The average molecular weight is 272 g/mol. The predicted octanol–water partition coefficient (Wildman–Crippen LogP) is 0.671. The van der Waals surface area contributed by atoms with Crippen LogP contribution in [0.25, 0.3) is 0 Å². The van der Waals surface area contributed by atoms with E-state index in [-0.39, 0.29) is 10.6 Å². The minimum atomic E-state index is -1.12. The van der Waals surface area contributed by atoms with Crippen molar-refractivity contribution in [1.82, 2.24) is 10.6 Å². The molecule has 0 radical (unpaired) electrons. The van der Waals surface area contributed by atoms with Crippen molar-refractivity contribution in [3.63, 3.8) is 0 Å². The Morgan fingerprint density at radius 3 is 2.78 bits per heavy atom. The van der Waals surface area contributed by atoms with Crippen LogP contribution < -0.4 is 15.4 Å². The van der Waals surface area contributed by atoms with E-state index in [0.29, 0.717) is 6.54 Å². The largest absolute Gasteiger partial charge is 0.482 e. The quantitative estimate of drug-likeness (QED) is 0.730. The molecule has 0 aromatic carbocycles. The third-order valence-corrected chi connectivity index (χ3v) is 2.66. The number of urea groups is 1. The van der Waals surface area contributed by atoms with Crippen molar-refractivity contribution in [2.45, 2.75) is 6.92 Å². The maximum Gasteiger partial charge on any atom is 0.349 e. The Morgan fingerprint density at radius 2 is 2.17 bits per heavy atom. The molecule has 7 nitrogen and oxygen atoms in total. The fourth-order valence-corrected chi connectivity index (χ4v) is 1.75. The number of carboxylic acid groups (broad SMARTS) is 1. The number of carbonyl (C=O) groups is 3. The molecule has 1 heterocycles. The number of ether oxygens (including phenoxy) is 1. The van der Waals surface area contributed by atoms with Crippen LogP contribution in [0.4, 0.5) is 4.79 Å². The third kappa shape index (κ3) is 4.06. The van der Waals surface area contributed by atoms with Gasteiger partial charge in [-0.05, 0) is 18.4 Å². The molecule has 0 saturated heterocycles. The Morgan fingerprint density at radius 1 is 1.44 bits per heavy atom. The molecule has 18 heavy (non-hydrogen) atoms. The number of thiophene rings is 1. The summed E-state index contributed by atoms with van der Waals surface area (Å²) in [5.74, 6) is -1.66. The predicted molar refractivity (Wildman–Crippen MR) is 64.0 cm³/mol. The van der Waals surface area contributed by atoms with Crippen LogP contribution in [0.3, 0.4) is 0 Å². The van der Waals surface area contributed by atoms with E-state index in [1.54, 1.807) is 12.3 Å². The van der Waals surface area contributed by atoms with E-state index < -0.39 is 24.5 Å². The molecular weight excluding hydrogens is 260 g/mol. The molecule has 3 N–H and O–H groups in total. The molecule has 1 rings (SSSR count). The number of rotatable bonds is 5. The number of hydrogen-bond donors (Lipinski definition) is 3. The van der Waals surface area contributed by atoms with E-state index in [1.165, 1.54) is 6.07 Å². The SMILES string of the molecule is CCNC(=O)NC(=O)COc1ccsc1C(=O)O. The van der Waals surface area contributed by atoms with Crippen molar-refractivity contribution in [1.29, 1.82) is 0 Å². The van der Waals surface area contributed by atoms with Gasteiger partial charge in [-0.2, -0.15) is 0 Å². The van der Waals surface area contributed by atoms with Crippen LogP contribution in [0, 0.1) is 0 Å². The van der Waals surface area contributed by atoms with Gasteiger partial charge in [0, 0.05) is 6.54 Å². The van der Waals surface area contributed by atoms with E-state index in [4.69, 9.17) is 9.84 Å². The van der Waals surface area contributed by atoms with Gasteiger partial charge in [-0.1, -0.05) is 0 Å². The third-order valence-electron chi connectivity index (χ3n) is 1.77. The fourth-order valence-electron chi connectivity index (χ4n) is 1.08. The number of imide groups is 1. The molecule has 0 fully saturated rings. The molecule has 1 aromatic rings. The molecule has 0 aliphatic carbocycles. The first-order chi connectivity index (χ1) is 8.54. The summed E-state index contributed by atoms with van der Waals surface area (Å²) in [5, 5.41) is 14.8. The Bertz CT molecular complexity index is 457. The lowest BCUT2D eigenvalue weighted by atomic mass is 10.4. The first kappa shape index (κ1) is 14.0. The number of nitrogens with one attached hydrogen (secondary N) is 2. The van der Waals surface area contributed by atoms with Gasteiger partial charge in [0.15, 0.2) is 11.5 Å². The van der Waals surface area contributed by atoms with Crippen LogP contribution in [-0.2, 0) is 4.79 Å². The van der Waals surface area contributed by atoms with E-state index in [1.807, 2.05) is 5.32 Å². The van der Waals surface area contributed by atoms with Crippen molar-refractivity contribution >= 4 is 29.2 Å². The van der Waals surface area contributed by atoms with Gasteiger partial charge < -0.3 is 15.2 Å². The monoisotopic (exact) mass is 272 g/mol. The molecule has 0 aliphatic rings. The number of carboxylic acids is 1. The molecule has 8 heteroatoms. The average Bonchev–Trinajstić information content (AvgIpc) is 2.74. The zero-order valence-corrected chi connectivity index (χ0v) is 10.4. The summed E-state index contributed by atoms with van der Waals surface area (Å²) in [7, 11) is 0. The maximum absolute atomic E-state index is 11.3. The Labute approximate surface area is 107 Å². The van der Waals surface area contributed by atoms with Crippen LogP contribution in [0.1, 0.15) is 16.6 Å². The highest BCUT2D eigenvalue weighted by Gasteiger charge is 2.14. The summed E-state index contributed by atoms with van der Waals surface area (Å²) < 4.78 is 5.02. The summed E-state index contributed by atoms with van der Waals surface area (Å²) in [4.78, 5) is 33.0. The second-order valence-corrected chi connectivity index (χ2v) is 4.03. The summed E-state index contributed by atoms with van der Waals surface area (Å²) in [6.45, 7) is 1.69. The first-order valence-corrected chi connectivity index (χ1v) is 5.93. The summed E-state index contributed by atoms with van der Waals surface area (Å²) in [5.41, 5.74) is 0. The molecule has 0 atom stereocenters. The van der Waals surface area contributed by atoms with Crippen LogP contribution in [0.5, 0.6) is 5.75 Å². The minimum Gasteiger partial charge on any atom is -0.482 e. The van der Waals surface area contributed by atoms with E-state index in [2.05, 4.69) is 5.32 Å². The van der Waals surface area contributed by atoms with E-state index in [0.717, 1.165) is 11.3 Å². The van der Waals surface area contributed by atoms with Gasteiger partial charge >= 0.3 is 12.0 Å². The van der Waals surface area contributed by atoms with Gasteiger partial charge in [-0.25, -0.2) is 9.59 Å². The summed E-state index contributed by atoms with van der Waals surface area (Å²) >= 11 is 0.996. The Hall–Kier alpha value is -2.09. The van der Waals surface area contributed by atoms with Crippen LogP contribution >= 0.6 is 11.3 Å². The second kappa shape index (κ2) is 6.60. The minimum absolute atomic E-state index is 0.0146. The van der Waals surface area contributed by atoms with Gasteiger partial charge in [0.1, 0.15) is 5.75 Å². The van der Waals surface area contributed by atoms with Crippen molar-refractivity contribution in [3.05, 3.63) is 16.3 Å². The number of amides is 3. The highest BCUT2D eigenvalue weighted by molar-refractivity contribution is 7.12. The molecule has 0 spiro atoms. The van der Waals surface area contributed by atoms with E-state index in [9.17, 15) is 14.4 Å². The molecule has 3 amide bonds. The summed E-state index contributed by atoms with van der Waals surface area (Å²) in [6, 6.07) is 0.836. The zero-order chi connectivity index (χ0) is 13.5. The standard InChI is InChI=1S/C10H12N2O5S/c1-2-11-10(16)12-7(13)5-17-6-3-4-18-8(6)9(14)15/h3-4H,2,5H2,1H3,(H,14,15)(H2,11,12,13,16). The molecule has 98 valence electrons. The topological polar surface area (TPSA) is 105 Å². The lowest BCUT2D eigenvalue weighted by Crippen LogP contribution is -2.41.